The predicted octanol–water partition coefficient (Wildman–Crippen LogP) is 3.48. The van der Waals surface area contributed by atoms with Crippen LogP contribution in [0, 0.1) is 0 Å². The molecule has 0 bridgehead atoms. The lowest BCUT2D eigenvalue weighted by Gasteiger charge is -2.37. The van der Waals surface area contributed by atoms with E-state index in [0.717, 1.165) is 58.7 Å². The number of hydrogen-bond acceptors (Lipinski definition) is 3. The molecule has 0 radical (unpaired) electrons. The molecule has 0 aliphatic carbocycles. The number of piperidine rings is 1. The molecule has 0 aromatic heterocycles. The molecule has 4 nitrogen and oxygen atoms in total. The summed E-state index contributed by atoms with van der Waals surface area (Å²) in [7, 11) is 0. The van der Waals surface area contributed by atoms with Gasteiger partial charge in [0.1, 0.15) is 0 Å². The Labute approximate surface area is 155 Å². The summed E-state index contributed by atoms with van der Waals surface area (Å²) in [6, 6.07) is 7.70. The number of hydrogen-bond donors (Lipinski definition) is 0. The molecule has 1 aromatic carbocycles. The van der Waals surface area contributed by atoms with Crippen LogP contribution in [0.5, 0.6) is 0 Å². The van der Waals surface area contributed by atoms with Gasteiger partial charge in [-0.1, -0.05) is 23.7 Å². The third-order valence-electron chi connectivity index (χ3n) is 4.87. The van der Waals surface area contributed by atoms with Gasteiger partial charge in [0.05, 0.1) is 23.8 Å². The molecule has 1 aromatic rings. The Morgan fingerprint density at radius 1 is 1.17 bits per heavy atom. The van der Waals surface area contributed by atoms with Crippen LogP contribution >= 0.6 is 24.0 Å². The SMILES string of the molecule is Cl.O=C(c1ccccc1Cl)N1CCCCC1CCN1CCOCC1. The Bertz CT molecular complexity index is 536. The zero-order valence-corrected chi connectivity index (χ0v) is 15.5. The smallest absolute Gasteiger partial charge is 0.255 e. The van der Waals surface area contributed by atoms with E-state index in [2.05, 4.69) is 4.90 Å². The number of halogens is 2. The number of benzene rings is 1. The van der Waals surface area contributed by atoms with Crippen molar-refractivity contribution >= 4 is 29.9 Å². The highest BCUT2D eigenvalue weighted by atomic mass is 35.5. The molecule has 2 heterocycles. The molecule has 1 unspecified atom stereocenters. The lowest BCUT2D eigenvalue weighted by atomic mass is 9.97. The van der Waals surface area contributed by atoms with E-state index < -0.39 is 0 Å². The lowest BCUT2D eigenvalue weighted by molar-refractivity contribution is 0.0296. The number of carbonyl (C=O) groups is 1. The number of nitrogens with zero attached hydrogens (tertiary/aromatic N) is 2. The zero-order chi connectivity index (χ0) is 16.1. The summed E-state index contributed by atoms with van der Waals surface area (Å²) >= 11 is 6.22. The number of rotatable bonds is 4. The van der Waals surface area contributed by atoms with Gasteiger partial charge < -0.3 is 9.64 Å². The van der Waals surface area contributed by atoms with Crippen molar-refractivity contribution in [2.45, 2.75) is 31.7 Å². The summed E-state index contributed by atoms with van der Waals surface area (Å²) < 4.78 is 5.40. The number of likely N-dealkylation sites (tertiary alicyclic amines) is 1. The van der Waals surface area contributed by atoms with Crippen LogP contribution in [0.3, 0.4) is 0 Å². The van der Waals surface area contributed by atoms with Crippen molar-refractivity contribution in [3.63, 3.8) is 0 Å². The largest absolute Gasteiger partial charge is 0.379 e. The van der Waals surface area contributed by atoms with Gasteiger partial charge in [0.2, 0.25) is 0 Å². The van der Waals surface area contributed by atoms with Gasteiger partial charge in [-0.25, -0.2) is 0 Å². The topological polar surface area (TPSA) is 32.8 Å². The maximum absolute atomic E-state index is 12.9. The van der Waals surface area contributed by atoms with Crippen LogP contribution in [0.2, 0.25) is 5.02 Å². The van der Waals surface area contributed by atoms with Crippen LogP contribution in [-0.4, -0.2) is 61.1 Å². The molecular weight excluding hydrogens is 347 g/mol. The maximum atomic E-state index is 12.9. The Morgan fingerprint density at radius 3 is 2.67 bits per heavy atom. The number of morpholine rings is 1. The average molecular weight is 373 g/mol. The van der Waals surface area contributed by atoms with E-state index in [1.54, 1.807) is 6.07 Å². The third kappa shape index (κ3) is 4.85. The molecular formula is C18H26Cl2N2O2. The van der Waals surface area contributed by atoms with Crippen molar-refractivity contribution in [3.05, 3.63) is 34.9 Å². The second-order valence-electron chi connectivity index (χ2n) is 6.37. The molecule has 24 heavy (non-hydrogen) atoms. The van der Waals surface area contributed by atoms with Crippen LogP contribution in [0.25, 0.3) is 0 Å². The van der Waals surface area contributed by atoms with Crippen molar-refractivity contribution in [1.29, 1.82) is 0 Å². The Hall–Kier alpha value is -0.810. The Balaban J connectivity index is 0.00000208. The molecule has 134 valence electrons. The first-order valence-corrected chi connectivity index (χ1v) is 8.99. The number of amides is 1. The zero-order valence-electron chi connectivity index (χ0n) is 14.0. The van der Waals surface area contributed by atoms with Crippen LogP contribution in [0.1, 0.15) is 36.0 Å². The monoisotopic (exact) mass is 372 g/mol. The normalized spacial score (nSPS) is 22.0. The van der Waals surface area contributed by atoms with Crippen LogP contribution in [0.15, 0.2) is 24.3 Å². The number of ether oxygens (including phenoxy) is 1. The molecule has 2 saturated heterocycles. The molecule has 3 rings (SSSR count). The minimum atomic E-state index is 0. The van der Waals surface area contributed by atoms with Crippen molar-refractivity contribution in [3.8, 4) is 0 Å². The van der Waals surface area contributed by atoms with E-state index in [9.17, 15) is 4.79 Å². The summed E-state index contributed by atoms with van der Waals surface area (Å²) in [5.74, 6) is 0.0854. The van der Waals surface area contributed by atoms with Gasteiger partial charge in [-0.05, 0) is 37.8 Å². The fourth-order valence-electron chi connectivity index (χ4n) is 3.51. The fourth-order valence-corrected chi connectivity index (χ4v) is 3.73. The molecule has 1 amide bonds. The summed E-state index contributed by atoms with van der Waals surface area (Å²) in [6.07, 6.45) is 4.43. The van der Waals surface area contributed by atoms with Gasteiger partial charge >= 0.3 is 0 Å². The van der Waals surface area contributed by atoms with Gasteiger partial charge in [-0.3, -0.25) is 9.69 Å². The maximum Gasteiger partial charge on any atom is 0.255 e. The fraction of sp³-hybridized carbons (Fsp3) is 0.611. The molecule has 0 saturated carbocycles. The van der Waals surface area contributed by atoms with E-state index >= 15 is 0 Å². The molecule has 6 heteroatoms. The van der Waals surface area contributed by atoms with Gasteiger partial charge in [0.25, 0.3) is 5.91 Å². The Morgan fingerprint density at radius 2 is 1.92 bits per heavy atom. The van der Waals surface area contributed by atoms with Gasteiger partial charge in [-0.2, -0.15) is 0 Å². The van der Waals surface area contributed by atoms with Crippen molar-refractivity contribution in [2.24, 2.45) is 0 Å². The molecule has 1 atom stereocenters. The summed E-state index contributed by atoms with van der Waals surface area (Å²) in [5.41, 5.74) is 0.632. The molecule has 2 aliphatic rings. The van der Waals surface area contributed by atoms with Crippen LogP contribution in [-0.2, 0) is 4.74 Å². The van der Waals surface area contributed by atoms with Gasteiger partial charge in [-0.15, -0.1) is 12.4 Å². The summed E-state index contributed by atoms with van der Waals surface area (Å²) in [5, 5.41) is 0.551. The van der Waals surface area contributed by atoms with Crippen molar-refractivity contribution in [2.75, 3.05) is 39.4 Å². The van der Waals surface area contributed by atoms with Crippen LogP contribution in [0.4, 0.5) is 0 Å². The lowest BCUT2D eigenvalue weighted by Crippen LogP contribution is -2.46. The summed E-state index contributed by atoms with van der Waals surface area (Å²) in [4.78, 5) is 17.4. The van der Waals surface area contributed by atoms with Gasteiger partial charge in [0.15, 0.2) is 0 Å². The first kappa shape index (κ1) is 19.5. The highest BCUT2D eigenvalue weighted by molar-refractivity contribution is 6.33. The van der Waals surface area contributed by atoms with Gasteiger partial charge in [0, 0.05) is 32.2 Å². The average Bonchev–Trinajstić information content (AvgIpc) is 2.61. The van der Waals surface area contributed by atoms with Crippen molar-refractivity contribution in [1.82, 2.24) is 9.80 Å². The first-order valence-electron chi connectivity index (χ1n) is 8.61. The van der Waals surface area contributed by atoms with Crippen molar-refractivity contribution < 1.29 is 9.53 Å². The van der Waals surface area contributed by atoms with E-state index in [1.165, 1.54) is 6.42 Å². The minimum absolute atomic E-state index is 0. The quantitative estimate of drug-likeness (QED) is 0.810. The minimum Gasteiger partial charge on any atom is -0.379 e. The standard InChI is InChI=1S/C18H25ClN2O2.ClH/c19-17-7-2-1-6-16(17)18(22)21-9-4-3-5-15(21)8-10-20-11-13-23-14-12-20;/h1-2,6-7,15H,3-5,8-14H2;1H. The van der Waals surface area contributed by atoms with E-state index in [4.69, 9.17) is 16.3 Å². The number of carbonyl (C=O) groups excluding carboxylic acids is 1. The molecule has 0 spiro atoms. The highest BCUT2D eigenvalue weighted by Gasteiger charge is 2.28. The van der Waals surface area contributed by atoms with Crippen LogP contribution < -0.4 is 0 Å². The second-order valence-corrected chi connectivity index (χ2v) is 6.78. The van der Waals surface area contributed by atoms with E-state index in [0.29, 0.717) is 16.6 Å². The second kappa shape index (κ2) is 9.62. The van der Waals surface area contributed by atoms with E-state index in [1.807, 2.05) is 23.1 Å². The Kier molecular flexibility index (Phi) is 7.82. The first-order chi connectivity index (χ1) is 11.3. The molecule has 2 fully saturated rings. The predicted molar refractivity (Wildman–Crippen MR) is 99.3 cm³/mol. The highest BCUT2D eigenvalue weighted by Crippen LogP contribution is 2.25. The van der Waals surface area contributed by atoms with E-state index in [-0.39, 0.29) is 18.3 Å². The third-order valence-corrected chi connectivity index (χ3v) is 5.20. The summed E-state index contributed by atoms with van der Waals surface area (Å²) in [6.45, 7) is 5.55. The molecule has 2 aliphatic heterocycles. The molecule has 0 N–H and O–H groups in total.